The van der Waals surface area contributed by atoms with Crippen LogP contribution in [0.1, 0.15) is 30.5 Å². The molecule has 2 aromatic heterocycles. The van der Waals surface area contributed by atoms with Crippen molar-refractivity contribution < 1.29 is 0 Å². The number of pyridine rings is 1. The van der Waals surface area contributed by atoms with Gasteiger partial charge in [0.2, 0.25) is 0 Å². The van der Waals surface area contributed by atoms with Crippen molar-refractivity contribution in [3.05, 3.63) is 162 Å². The topological polar surface area (TPSA) is 44.9 Å². The quantitative estimate of drug-likeness (QED) is 0.183. The van der Waals surface area contributed by atoms with Gasteiger partial charge < -0.3 is 9.47 Å². The third-order valence-electron chi connectivity index (χ3n) is 10.6. The van der Waals surface area contributed by atoms with E-state index in [1.807, 2.05) is 24.4 Å². The molecule has 2 heterocycles. The summed E-state index contributed by atoms with van der Waals surface area (Å²) in [7, 11) is 0. The molecule has 0 radical (unpaired) electrons. The molecule has 4 nitrogen and oxygen atoms in total. The highest BCUT2D eigenvalue weighted by molar-refractivity contribution is 6.27. The van der Waals surface area contributed by atoms with Gasteiger partial charge in [-0.15, -0.1) is 0 Å². The van der Waals surface area contributed by atoms with Crippen LogP contribution in [-0.4, -0.2) is 9.55 Å². The van der Waals surface area contributed by atoms with E-state index in [4.69, 9.17) is 4.98 Å². The Morgan fingerprint density at radius 1 is 0.633 bits per heavy atom. The fourth-order valence-electron chi connectivity index (χ4n) is 8.27. The van der Waals surface area contributed by atoms with Gasteiger partial charge in [0.25, 0.3) is 0 Å². The highest BCUT2D eigenvalue weighted by Gasteiger charge is 2.36. The van der Waals surface area contributed by atoms with Crippen molar-refractivity contribution >= 4 is 60.5 Å². The Labute approximate surface area is 284 Å². The van der Waals surface area contributed by atoms with Crippen LogP contribution in [0, 0.1) is 11.3 Å². The van der Waals surface area contributed by atoms with Gasteiger partial charge in [-0.3, -0.25) is 4.98 Å². The van der Waals surface area contributed by atoms with Gasteiger partial charge in [0.05, 0.1) is 45.8 Å². The summed E-state index contributed by atoms with van der Waals surface area (Å²) in [6.07, 6.45) is 1.99. The number of anilines is 3. The summed E-state index contributed by atoms with van der Waals surface area (Å²) in [6, 6.07) is 52.0. The third kappa shape index (κ3) is 3.87. The number of para-hydroxylation sites is 1. The fourth-order valence-corrected chi connectivity index (χ4v) is 8.27. The van der Waals surface area contributed by atoms with Gasteiger partial charge in [-0.25, -0.2) is 0 Å². The zero-order valence-electron chi connectivity index (χ0n) is 27.1. The lowest BCUT2D eigenvalue weighted by Crippen LogP contribution is -2.16. The first-order valence-electron chi connectivity index (χ1n) is 16.7. The average molecular weight is 627 g/mol. The summed E-state index contributed by atoms with van der Waals surface area (Å²) in [5.41, 5.74) is 13.3. The van der Waals surface area contributed by atoms with Crippen molar-refractivity contribution in [2.24, 2.45) is 0 Å². The van der Waals surface area contributed by atoms with E-state index < -0.39 is 0 Å². The Hall–Kier alpha value is -6.44. The monoisotopic (exact) mass is 626 g/mol. The molecule has 9 aromatic rings. The van der Waals surface area contributed by atoms with Gasteiger partial charge in [0.15, 0.2) is 0 Å². The van der Waals surface area contributed by atoms with E-state index in [2.05, 4.69) is 151 Å². The zero-order chi connectivity index (χ0) is 32.9. The Kier molecular flexibility index (Phi) is 5.66. The molecule has 0 saturated carbocycles. The fraction of sp³-hybridized carbons (Fsp3) is 0.0667. The summed E-state index contributed by atoms with van der Waals surface area (Å²) in [5.74, 6) is 0. The Balaban J connectivity index is 1.24. The predicted molar refractivity (Wildman–Crippen MR) is 202 cm³/mol. The zero-order valence-corrected chi connectivity index (χ0v) is 27.1. The lowest BCUT2D eigenvalue weighted by molar-refractivity contribution is 0.660. The molecule has 0 fully saturated rings. The second-order valence-corrected chi connectivity index (χ2v) is 13.6. The molecule has 0 aliphatic heterocycles. The van der Waals surface area contributed by atoms with Crippen LogP contribution in [0.3, 0.4) is 0 Å². The molecule has 10 rings (SSSR count). The molecule has 1 aliphatic rings. The van der Waals surface area contributed by atoms with Crippen molar-refractivity contribution in [3.8, 4) is 22.9 Å². The van der Waals surface area contributed by atoms with Crippen LogP contribution in [0.2, 0.25) is 0 Å². The maximum Gasteiger partial charge on any atom is 0.0991 e. The molecule has 49 heavy (non-hydrogen) atoms. The Morgan fingerprint density at radius 3 is 2.27 bits per heavy atom. The highest BCUT2D eigenvalue weighted by Crippen LogP contribution is 2.52. The number of hydrogen-bond acceptors (Lipinski definition) is 3. The van der Waals surface area contributed by atoms with Gasteiger partial charge in [-0.05, 0) is 94.4 Å². The first kappa shape index (κ1) is 27.7. The van der Waals surface area contributed by atoms with Crippen LogP contribution >= 0.6 is 0 Å². The second-order valence-electron chi connectivity index (χ2n) is 13.6. The molecule has 0 saturated heterocycles. The van der Waals surface area contributed by atoms with Crippen LogP contribution in [-0.2, 0) is 5.41 Å². The minimum absolute atomic E-state index is 0.132. The second kappa shape index (κ2) is 10.0. The molecule has 1 aliphatic carbocycles. The average Bonchev–Trinajstić information content (AvgIpc) is 3.61. The van der Waals surface area contributed by atoms with E-state index >= 15 is 0 Å². The predicted octanol–water partition coefficient (Wildman–Crippen LogP) is 11.6. The molecule has 0 spiro atoms. The van der Waals surface area contributed by atoms with E-state index in [9.17, 15) is 5.26 Å². The minimum Gasteiger partial charge on any atom is -0.310 e. The number of nitriles is 1. The van der Waals surface area contributed by atoms with E-state index in [0.717, 1.165) is 44.7 Å². The third-order valence-corrected chi connectivity index (χ3v) is 10.6. The maximum absolute atomic E-state index is 9.63. The van der Waals surface area contributed by atoms with Crippen LogP contribution in [0.5, 0.6) is 0 Å². The van der Waals surface area contributed by atoms with Crippen molar-refractivity contribution in [1.29, 1.82) is 5.26 Å². The normalized spacial score (nSPS) is 13.2. The smallest absolute Gasteiger partial charge is 0.0991 e. The minimum atomic E-state index is -0.132. The summed E-state index contributed by atoms with van der Waals surface area (Å²) in [6.45, 7) is 4.65. The summed E-state index contributed by atoms with van der Waals surface area (Å²) < 4.78 is 2.36. The van der Waals surface area contributed by atoms with Crippen molar-refractivity contribution in [2.45, 2.75) is 19.3 Å². The Bertz CT molecular complexity index is 2810. The van der Waals surface area contributed by atoms with E-state index in [1.54, 1.807) is 0 Å². The van der Waals surface area contributed by atoms with Gasteiger partial charge in [-0.1, -0.05) is 86.6 Å². The van der Waals surface area contributed by atoms with Gasteiger partial charge in [0.1, 0.15) is 0 Å². The summed E-state index contributed by atoms with van der Waals surface area (Å²) in [5, 5.41) is 15.6. The van der Waals surface area contributed by atoms with Crippen LogP contribution in [0.25, 0.3) is 60.3 Å². The number of aromatic nitrogens is 2. The van der Waals surface area contributed by atoms with Crippen LogP contribution in [0.15, 0.2) is 146 Å². The van der Waals surface area contributed by atoms with Gasteiger partial charge in [-0.2, -0.15) is 5.26 Å². The number of hydrogen-bond donors (Lipinski definition) is 0. The SMILES string of the molecule is CC1(C)c2ccccc2-c2ccc(N(c3ccc(C#N)cc3)c3ccc4c5c3ccc3cccc(c35)n4-c3cnc4ccccc4c3)cc21. The van der Waals surface area contributed by atoms with Crippen molar-refractivity contribution in [2.75, 3.05) is 4.90 Å². The standard InChI is InChI=1S/C45H30N4/c1-45(2)37-11-5-4-10-34(37)35-21-19-32(25-38(35)45)48(31-17-14-28(26-46)15-18-31)40-22-23-42-44-36(40)20-16-29-9-7-13-41(43(29)44)49(42)33-24-30-8-3-6-12-39(30)47-27-33/h3-25,27H,1-2H3. The molecule has 0 amide bonds. The molecule has 0 N–H and O–H groups in total. The molecule has 7 aromatic carbocycles. The van der Waals surface area contributed by atoms with E-state index in [-0.39, 0.29) is 5.41 Å². The van der Waals surface area contributed by atoms with Crippen LogP contribution < -0.4 is 4.90 Å². The highest BCUT2D eigenvalue weighted by atomic mass is 15.1. The van der Waals surface area contributed by atoms with E-state index in [1.165, 1.54) is 43.8 Å². The first-order chi connectivity index (χ1) is 24.0. The van der Waals surface area contributed by atoms with E-state index in [0.29, 0.717) is 5.56 Å². The lowest BCUT2D eigenvalue weighted by Gasteiger charge is -2.29. The molecule has 0 atom stereocenters. The van der Waals surface area contributed by atoms with Crippen molar-refractivity contribution in [3.63, 3.8) is 0 Å². The Morgan fingerprint density at radius 2 is 1.39 bits per heavy atom. The molecule has 0 unspecified atom stereocenters. The largest absolute Gasteiger partial charge is 0.310 e. The number of fused-ring (bicyclic) bond motifs is 4. The van der Waals surface area contributed by atoms with Gasteiger partial charge in [0, 0.05) is 38.3 Å². The lowest BCUT2D eigenvalue weighted by atomic mass is 9.82. The summed E-state index contributed by atoms with van der Waals surface area (Å²) in [4.78, 5) is 7.19. The molecule has 4 heteroatoms. The number of benzene rings is 7. The molecular weight excluding hydrogens is 597 g/mol. The first-order valence-corrected chi connectivity index (χ1v) is 16.7. The summed E-state index contributed by atoms with van der Waals surface area (Å²) >= 11 is 0. The maximum atomic E-state index is 9.63. The van der Waals surface area contributed by atoms with Gasteiger partial charge >= 0.3 is 0 Å². The molecule has 0 bridgehead atoms. The van der Waals surface area contributed by atoms with Crippen LogP contribution in [0.4, 0.5) is 17.1 Å². The molecule has 230 valence electrons. The number of nitrogens with zero attached hydrogens (tertiary/aromatic N) is 4. The van der Waals surface area contributed by atoms with Crippen molar-refractivity contribution in [1.82, 2.24) is 9.55 Å². The molecular formula is C45H30N4. The number of rotatable bonds is 4.